The minimum atomic E-state index is 0.378. The first-order valence-electron chi connectivity index (χ1n) is 5.79. The van der Waals surface area contributed by atoms with E-state index in [1.165, 1.54) is 11.3 Å². The molecule has 0 saturated heterocycles. The summed E-state index contributed by atoms with van der Waals surface area (Å²) in [5, 5.41) is 3.34. The van der Waals surface area contributed by atoms with Gasteiger partial charge in [0.2, 0.25) is 0 Å². The highest BCUT2D eigenvalue weighted by Gasteiger charge is 2.00. The van der Waals surface area contributed by atoms with Crippen molar-refractivity contribution in [2.75, 3.05) is 13.2 Å². The van der Waals surface area contributed by atoms with E-state index >= 15 is 0 Å². The standard InChI is InChI=1S/C12H20ClNOS/c1-3-4-10(2)15-8-7-14-9-11-5-6-12(13)16-11/h5-6,10,14H,3-4,7-9H2,1-2H3. The van der Waals surface area contributed by atoms with Gasteiger partial charge in [0.1, 0.15) is 0 Å². The van der Waals surface area contributed by atoms with Crippen molar-refractivity contribution >= 4 is 22.9 Å². The zero-order valence-electron chi connectivity index (χ0n) is 9.96. The Kier molecular flexibility index (Phi) is 7.05. The molecule has 0 aromatic carbocycles. The topological polar surface area (TPSA) is 21.3 Å². The minimum Gasteiger partial charge on any atom is -0.377 e. The molecule has 0 aliphatic carbocycles. The van der Waals surface area contributed by atoms with Gasteiger partial charge in [0, 0.05) is 18.0 Å². The quantitative estimate of drug-likeness (QED) is 0.721. The Hall–Kier alpha value is -0.0900. The smallest absolute Gasteiger partial charge is 0.0931 e. The van der Waals surface area contributed by atoms with Crippen LogP contribution < -0.4 is 5.32 Å². The van der Waals surface area contributed by atoms with E-state index in [4.69, 9.17) is 16.3 Å². The number of hydrogen-bond acceptors (Lipinski definition) is 3. The molecule has 2 nitrogen and oxygen atoms in total. The average Bonchev–Trinajstić information content (AvgIpc) is 2.64. The summed E-state index contributed by atoms with van der Waals surface area (Å²) in [7, 11) is 0. The molecule has 4 heteroatoms. The largest absolute Gasteiger partial charge is 0.377 e. The maximum Gasteiger partial charge on any atom is 0.0931 e. The molecule has 1 atom stereocenters. The van der Waals surface area contributed by atoms with Crippen molar-refractivity contribution in [2.45, 2.75) is 39.3 Å². The van der Waals surface area contributed by atoms with Gasteiger partial charge >= 0.3 is 0 Å². The maximum absolute atomic E-state index is 5.84. The summed E-state index contributed by atoms with van der Waals surface area (Å²) in [5.41, 5.74) is 0. The number of hydrogen-bond donors (Lipinski definition) is 1. The number of thiophene rings is 1. The van der Waals surface area contributed by atoms with Crippen LogP contribution in [-0.4, -0.2) is 19.3 Å². The predicted molar refractivity (Wildman–Crippen MR) is 71.4 cm³/mol. The Morgan fingerprint density at radius 1 is 1.50 bits per heavy atom. The summed E-state index contributed by atoms with van der Waals surface area (Å²) in [5.74, 6) is 0. The molecule has 1 rings (SSSR count). The average molecular weight is 262 g/mol. The van der Waals surface area contributed by atoms with Gasteiger partial charge in [0.05, 0.1) is 17.0 Å². The number of halogens is 1. The molecule has 1 aromatic heterocycles. The second kappa shape index (κ2) is 8.07. The van der Waals surface area contributed by atoms with E-state index in [1.807, 2.05) is 6.07 Å². The summed E-state index contributed by atoms with van der Waals surface area (Å²) in [6.07, 6.45) is 2.70. The van der Waals surface area contributed by atoms with E-state index in [0.29, 0.717) is 6.10 Å². The van der Waals surface area contributed by atoms with E-state index in [1.54, 1.807) is 11.3 Å². The first kappa shape index (κ1) is 14.0. The van der Waals surface area contributed by atoms with Gasteiger partial charge in [0.25, 0.3) is 0 Å². The van der Waals surface area contributed by atoms with Crippen LogP contribution in [0.25, 0.3) is 0 Å². The van der Waals surface area contributed by atoms with Gasteiger partial charge in [-0.2, -0.15) is 0 Å². The normalized spacial score (nSPS) is 12.9. The molecule has 1 N–H and O–H groups in total. The lowest BCUT2D eigenvalue weighted by Gasteiger charge is -2.11. The molecule has 1 aromatic rings. The van der Waals surface area contributed by atoms with Crippen LogP contribution >= 0.6 is 22.9 Å². The van der Waals surface area contributed by atoms with Crippen molar-refractivity contribution < 1.29 is 4.74 Å². The van der Waals surface area contributed by atoms with Crippen molar-refractivity contribution in [2.24, 2.45) is 0 Å². The Bertz CT molecular complexity index is 290. The number of nitrogens with one attached hydrogen (secondary N) is 1. The van der Waals surface area contributed by atoms with E-state index in [2.05, 4.69) is 25.2 Å². The minimum absolute atomic E-state index is 0.378. The third-order valence-electron chi connectivity index (χ3n) is 2.30. The first-order chi connectivity index (χ1) is 7.72. The summed E-state index contributed by atoms with van der Waals surface area (Å²) >= 11 is 7.47. The van der Waals surface area contributed by atoms with Gasteiger partial charge in [-0.05, 0) is 25.5 Å². The van der Waals surface area contributed by atoms with Crippen LogP contribution in [-0.2, 0) is 11.3 Å². The summed E-state index contributed by atoms with van der Waals surface area (Å²) < 4.78 is 6.49. The Labute approximate surface area is 107 Å². The van der Waals surface area contributed by atoms with Crippen LogP contribution in [0.4, 0.5) is 0 Å². The fraction of sp³-hybridized carbons (Fsp3) is 0.667. The lowest BCUT2D eigenvalue weighted by Crippen LogP contribution is -2.21. The lowest BCUT2D eigenvalue weighted by molar-refractivity contribution is 0.0617. The van der Waals surface area contributed by atoms with Crippen molar-refractivity contribution in [3.05, 3.63) is 21.3 Å². The SMILES string of the molecule is CCCC(C)OCCNCc1ccc(Cl)s1. The van der Waals surface area contributed by atoms with Crippen LogP contribution in [0.15, 0.2) is 12.1 Å². The molecule has 1 unspecified atom stereocenters. The highest BCUT2D eigenvalue weighted by molar-refractivity contribution is 7.16. The van der Waals surface area contributed by atoms with Crippen LogP contribution in [0.1, 0.15) is 31.6 Å². The molecule has 1 heterocycles. The van der Waals surface area contributed by atoms with Gasteiger partial charge in [0.15, 0.2) is 0 Å². The fourth-order valence-electron chi connectivity index (χ4n) is 1.48. The van der Waals surface area contributed by atoms with Crippen molar-refractivity contribution in [3.8, 4) is 0 Å². The summed E-state index contributed by atoms with van der Waals surface area (Å²) in [6.45, 7) is 6.86. The Balaban J connectivity index is 2.00. The van der Waals surface area contributed by atoms with Crippen molar-refractivity contribution in [1.82, 2.24) is 5.32 Å². The van der Waals surface area contributed by atoms with Crippen molar-refractivity contribution in [1.29, 1.82) is 0 Å². The van der Waals surface area contributed by atoms with Gasteiger partial charge < -0.3 is 10.1 Å². The van der Waals surface area contributed by atoms with Gasteiger partial charge in [-0.25, -0.2) is 0 Å². The molecule has 0 bridgehead atoms. The molecule has 0 aliphatic rings. The zero-order valence-corrected chi connectivity index (χ0v) is 11.5. The number of ether oxygens (including phenoxy) is 1. The van der Waals surface area contributed by atoms with E-state index in [9.17, 15) is 0 Å². The van der Waals surface area contributed by atoms with Gasteiger partial charge in [-0.15, -0.1) is 11.3 Å². The van der Waals surface area contributed by atoms with Crippen LogP contribution in [0.2, 0.25) is 4.34 Å². The molecule has 0 radical (unpaired) electrons. The van der Waals surface area contributed by atoms with E-state index < -0.39 is 0 Å². The molecule has 16 heavy (non-hydrogen) atoms. The highest BCUT2D eigenvalue weighted by atomic mass is 35.5. The Morgan fingerprint density at radius 3 is 2.94 bits per heavy atom. The number of rotatable bonds is 8. The predicted octanol–water partition coefficient (Wildman–Crippen LogP) is 3.70. The van der Waals surface area contributed by atoms with E-state index in [0.717, 1.165) is 30.5 Å². The monoisotopic (exact) mass is 261 g/mol. The van der Waals surface area contributed by atoms with Crippen LogP contribution in [0.3, 0.4) is 0 Å². The molecule has 0 fully saturated rings. The second-order valence-corrected chi connectivity index (χ2v) is 5.65. The maximum atomic E-state index is 5.84. The van der Waals surface area contributed by atoms with Crippen LogP contribution in [0, 0.1) is 0 Å². The van der Waals surface area contributed by atoms with Gasteiger partial charge in [-0.1, -0.05) is 24.9 Å². The molecular weight excluding hydrogens is 242 g/mol. The molecule has 0 saturated carbocycles. The third kappa shape index (κ3) is 5.85. The molecule has 0 spiro atoms. The second-order valence-electron chi connectivity index (χ2n) is 3.85. The third-order valence-corrected chi connectivity index (χ3v) is 3.54. The summed E-state index contributed by atoms with van der Waals surface area (Å²) in [6, 6.07) is 3.99. The molecule has 0 amide bonds. The molecule has 92 valence electrons. The van der Waals surface area contributed by atoms with Crippen LogP contribution in [0.5, 0.6) is 0 Å². The van der Waals surface area contributed by atoms with Gasteiger partial charge in [-0.3, -0.25) is 0 Å². The van der Waals surface area contributed by atoms with E-state index in [-0.39, 0.29) is 0 Å². The first-order valence-corrected chi connectivity index (χ1v) is 6.98. The highest BCUT2D eigenvalue weighted by Crippen LogP contribution is 2.20. The lowest BCUT2D eigenvalue weighted by atomic mass is 10.2. The summed E-state index contributed by atoms with van der Waals surface area (Å²) in [4.78, 5) is 1.27. The Morgan fingerprint density at radius 2 is 2.31 bits per heavy atom. The molecule has 0 aliphatic heterocycles. The van der Waals surface area contributed by atoms with Crippen molar-refractivity contribution in [3.63, 3.8) is 0 Å². The zero-order chi connectivity index (χ0) is 11.8. The fourth-order valence-corrected chi connectivity index (χ4v) is 2.54. The molecular formula is C12H20ClNOS.